The van der Waals surface area contributed by atoms with E-state index < -0.39 is 6.17 Å². The summed E-state index contributed by atoms with van der Waals surface area (Å²) in [5.41, 5.74) is 0.709. The van der Waals surface area contributed by atoms with Crippen LogP contribution in [0.1, 0.15) is 18.2 Å². The second kappa shape index (κ2) is 5.60. The third-order valence-electron chi connectivity index (χ3n) is 2.13. The van der Waals surface area contributed by atoms with Crippen molar-refractivity contribution in [2.75, 3.05) is 20.7 Å². The highest BCUT2D eigenvalue weighted by molar-refractivity contribution is 5.28. The van der Waals surface area contributed by atoms with Crippen LogP contribution in [0.25, 0.3) is 0 Å². The second-order valence-electron chi connectivity index (χ2n) is 3.13. The van der Waals surface area contributed by atoms with Crippen LogP contribution in [-0.2, 0) is 0 Å². The molecule has 1 atom stereocenters. The predicted molar refractivity (Wildman–Crippen MR) is 55.4 cm³/mol. The van der Waals surface area contributed by atoms with Crippen LogP contribution in [0.15, 0.2) is 24.3 Å². The fraction of sp³-hybridized carbons (Fsp3) is 0.455. The van der Waals surface area contributed by atoms with Gasteiger partial charge in [0.05, 0.1) is 7.11 Å². The fourth-order valence-corrected chi connectivity index (χ4v) is 1.25. The standard InChI is InChI=1S/C11H16FNO/c1-13-8-7-11(12)9-3-5-10(14-2)6-4-9/h3-6,11,13H,7-8H2,1-2H3. The van der Waals surface area contributed by atoms with E-state index in [2.05, 4.69) is 5.32 Å². The van der Waals surface area contributed by atoms with Crippen LogP contribution in [0.2, 0.25) is 0 Å². The molecule has 0 aromatic heterocycles. The van der Waals surface area contributed by atoms with Gasteiger partial charge in [-0.05, 0) is 37.7 Å². The molecule has 0 aliphatic rings. The average Bonchev–Trinajstić information content (AvgIpc) is 2.26. The Morgan fingerprint density at radius 2 is 2.00 bits per heavy atom. The SMILES string of the molecule is CNCCC(F)c1ccc(OC)cc1. The quantitative estimate of drug-likeness (QED) is 0.782. The van der Waals surface area contributed by atoms with Gasteiger partial charge in [-0.2, -0.15) is 0 Å². The first-order valence-corrected chi connectivity index (χ1v) is 4.70. The molecular weight excluding hydrogens is 181 g/mol. The van der Waals surface area contributed by atoms with Crippen molar-refractivity contribution in [1.29, 1.82) is 0 Å². The van der Waals surface area contributed by atoms with E-state index in [-0.39, 0.29) is 0 Å². The summed E-state index contributed by atoms with van der Waals surface area (Å²) in [5, 5.41) is 2.93. The van der Waals surface area contributed by atoms with E-state index >= 15 is 0 Å². The molecule has 2 nitrogen and oxygen atoms in total. The van der Waals surface area contributed by atoms with E-state index in [0.29, 0.717) is 18.5 Å². The maximum atomic E-state index is 13.5. The topological polar surface area (TPSA) is 21.3 Å². The van der Waals surface area contributed by atoms with E-state index in [1.165, 1.54) is 0 Å². The van der Waals surface area contributed by atoms with Crippen molar-refractivity contribution < 1.29 is 9.13 Å². The summed E-state index contributed by atoms with van der Waals surface area (Å²) in [6.45, 7) is 0.688. The summed E-state index contributed by atoms with van der Waals surface area (Å²) >= 11 is 0. The molecule has 0 aliphatic heterocycles. The molecule has 0 saturated heterocycles. The van der Waals surface area contributed by atoms with Crippen LogP contribution in [0, 0.1) is 0 Å². The van der Waals surface area contributed by atoms with Crippen LogP contribution >= 0.6 is 0 Å². The van der Waals surface area contributed by atoms with E-state index in [4.69, 9.17) is 4.74 Å². The van der Waals surface area contributed by atoms with E-state index in [0.717, 1.165) is 5.75 Å². The van der Waals surface area contributed by atoms with Crippen molar-refractivity contribution in [1.82, 2.24) is 5.32 Å². The van der Waals surface area contributed by atoms with Gasteiger partial charge < -0.3 is 10.1 Å². The maximum absolute atomic E-state index is 13.5. The molecule has 1 aromatic rings. The number of methoxy groups -OCH3 is 1. The molecule has 0 saturated carbocycles. The number of hydrogen-bond donors (Lipinski definition) is 1. The van der Waals surface area contributed by atoms with E-state index in [1.54, 1.807) is 31.4 Å². The van der Waals surface area contributed by atoms with Crippen molar-refractivity contribution in [3.05, 3.63) is 29.8 Å². The Morgan fingerprint density at radius 1 is 1.36 bits per heavy atom. The van der Waals surface area contributed by atoms with E-state index in [9.17, 15) is 4.39 Å². The summed E-state index contributed by atoms with van der Waals surface area (Å²) in [7, 11) is 3.42. The van der Waals surface area contributed by atoms with Crippen molar-refractivity contribution in [2.45, 2.75) is 12.6 Å². The van der Waals surface area contributed by atoms with Gasteiger partial charge in [0.1, 0.15) is 11.9 Å². The first-order chi connectivity index (χ1) is 6.77. The van der Waals surface area contributed by atoms with Gasteiger partial charge in [0.15, 0.2) is 0 Å². The molecule has 0 fully saturated rings. The molecule has 1 N–H and O–H groups in total. The van der Waals surface area contributed by atoms with Gasteiger partial charge in [-0.15, -0.1) is 0 Å². The number of nitrogens with one attached hydrogen (secondary N) is 1. The van der Waals surface area contributed by atoms with Gasteiger partial charge in [-0.1, -0.05) is 12.1 Å². The lowest BCUT2D eigenvalue weighted by Gasteiger charge is -2.08. The highest BCUT2D eigenvalue weighted by Gasteiger charge is 2.08. The Bertz CT molecular complexity index is 260. The first kappa shape index (κ1) is 11.0. The molecule has 0 heterocycles. The first-order valence-electron chi connectivity index (χ1n) is 4.70. The minimum atomic E-state index is -0.895. The van der Waals surface area contributed by atoms with Crippen molar-refractivity contribution in [3.8, 4) is 5.75 Å². The smallest absolute Gasteiger partial charge is 0.126 e. The third kappa shape index (κ3) is 3.00. The molecule has 1 rings (SSSR count). The number of benzene rings is 1. The van der Waals surface area contributed by atoms with Crippen molar-refractivity contribution >= 4 is 0 Å². The van der Waals surface area contributed by atoms with Crippen LogP contribution in [0.3, 0.4) is 0 Å². The molecule has 0 aliphatic carbocycles. The molecule has 0 bridgehead atoms. The fourth-order valence-electron chi connectivity index (χ4n) is 1.25. The monoisotopic (exact) mass is 197 g/mol. The molecule has 78 valence electrons. The lowest BCUT2D eigenvalue weighted by Crippen LogP contribution is -2.10. The highest BCUT2D eigenvalue weighted by Crippen LogP contribution is 2.22. The van der Waals surface area contributed by atoms with E-state index in [1.807, 2.05) is 7.05 Å². The largest absolute Gasteiger partial charge is 0.497 e. The van der Waals surface area contributed by atoms with Gasteiger partial charge in [0, 0.05) is 0 Å². The molecule has 1 aromatic carbocycles. The summed E-state index contributed by atoms with van der Waals surface area (Å²) in [6.07, 6.45) is -0.392. The molecule has 0 amide bonds. The Labute approximate surface area is 84.1 Å². The van der Waals surface area contributed by atoms with Crippen molar-refractivity contribution in [3.63, 3.8) is 0 Å². The summed E-state index contributed by atoms with van der Waals surface area (Å²) in [4.78, 5) is 0. The van der Waals surface area contributed by atoms with Gasteiger partial charge in [-0.3, -0.25) is 0 Å². The molecular formula is C11H16FNO. The molecule has 1 unspecified atom stereocenters. The van der Waals surface area contributed by atoms with Gasteiger partial charge in [-0.25, -0.2) is 4.39 Å². The van der Waals surface area contributed by atoms with Crippen molar-refractivity contribution in [2.24, 2.45) is 0 Å². The molecule has 0 spiro atoms. The van der Waals surface area contributed by atoms with Crippen LogP contribution < -0.4 is 10.1 Å². The number of hydrogen-bond acceptors (Lipinski definition) is 2. The minimum absolute atomic E-state index is 0.503. The number of ether oxygens (including phenoxy) is 1. The third-order valence-corrected chi connectivity index (χ3v) is 2.13. The zero-order chi connectivity index (χ0) is 10.4. The Balaban J connectivity index is 2.57. The zero-order valence-corrected chi connectivity index (χ0v) is 8.59. The lowest BCUT2D eigenvalue weighted by molar-refractivity contribution is 0.321. The summed E-state index contributed by atoms with van der Waals surface area (Å²) in [6, 6.07) is 7.08. The highest BCUT2D eigenvalue weighted by atomic mass is 19.1. The predicted octanol–water partition coefficient (Wildman–Crippen LogP) is 2.32. The minimum Gasteiger partial charge on any atom is -0.497 e. The molecule has 14 heavy (non-hydrogen) atoms. The number of alkyl halides is 1. The Morgan fingerprint density at radius 3 is 2.50 bits per heavy atom. The van der Waals surface area contributed by atoms with Crippen LogP contribution in [0.5, 0.6) is 5.75 Å². The Hall–Kier alpha value is -1.09. The zero-order valence-electron chi connectivity index (χ0n) is 8.59. The number of rotatable bonds is 5. The summed E-state index contributed by atoms with van der Waals surface area (Å²) in [5.74, 6) is 0.759. The molecule has 3 heteroatoms. The van der Waals surface area contributed by atoms with Gasteiger partial charge in [0.2, 0.25) is 0 Å². The van der Waals surface area contributed by atoms with Crippen LogP contribution in [-0.4, -0.2) is 20.7 Å². The van der Waals surface area contributed by atoms with Gasteiger partial charge >= 0.3 is 0 Å². The molecule has 0 radical (unpaired) electrons. The van der Waals surface area contributed by atoms with Gasteiger partial charge in [0.25, 0.3) is 0 Å². The normalized spacial score (nSPS) is 12.5. The van der Waals surface area contributed by atoms with Crippen LogP contribution in [0.4, 0.5) is 4.39 Å². The maximum Gasteiger partial charge on any atom is 0.126 e. The summed E-state index contributed by atoms with van der Waals surface area (Å²) < 4.78 is 18.5. The number of halogens is 1. The lowest BCUT2D eigenvalue weighted by atomic mass is 10.1. The second-order valence-corrected chi connectivity index (χ2v) is 3.13. The Kier molecular flexibility index (Phi) is 4.40. The average molecular weight is 197 g/mol.